The van der Waals surface area contributed by atoms with Crippen molar-refractivity contribution >= 4 is 5.91 Å². The lowest BCUT2D eigenvalue weighted by Gasteiger charge is -2.00. The van der Waals surface area contributed by atoms with Gasteiger partial charge in [-0.1, -0.05) is 6.92 Å². The van der Waals surface area contributed by atoms with Gasteiger partial charge in [0.05, 0.1) is 12.2 Å². The topological polar surface area (TPSA) is 55.1 Å². The van der Waals surface area contributed by atoms with Crippen LogP contribution in [0.4, 0.5) is 0 Å². The van der Waals surface area contributed by atoms with Gasteiger partial charge in [-0.25, -0.2) is 4.98 Å². The third-order valence-corrected chi connectivity index (χ3v) is 2.37. The van der Waals surface area contributed by atoms with Gasteiger partial charge < -0.3 is 9.73 Å². The summed E-state index contributed by atoms with van der Waals surface area (Å²) < 4.78 is 4.78. The summed E-state index contributed by atoms with van der Waals surface area (Å²) >= 11 is 0. The molecule has 0 saturated heterocycles. The van der Waals surface area contributed by atoms with Gasteiger partial charge in [0.1, 0.15) is 6.26 Å². The van der Waals surface area contributed by atoms with Gasteiger partial charge >= 0.3 is 0 Å². The lowest BCUT2D eigenvalue weighted by Crippen LogP contribution is -2.24. The van der Waals surface area contributed by atoms with Gasteiger partial charge in [0.15, 0.2) is 6.39 Å². The van der Waals surface area contributed by atoms with Crippen LogP contribution in [0.15, 0.2) is 17.1 Å². The summed E-state index contributed by atoms with van der Waals surface area (Å²) in [6.45, 7) is 2.55. The minimum Gasteiger partial charge on any atom is -0.451 e. The first-order valence-corrected chi connectivity index (χ1v) is 4.42. The van der Waals surface area contributed by atoms with Crippen molar-refractivity contribution in [3.05, 3.63) is 18.4 Å². The van der Waals surface area contributed by atoms with Crippen LogP contribution in [-0.2, 0) is 11.3 Å². The van der Waals surface area contributed by atoms with Crippen LogP contribution < -0.4 is 5.32 Å². The quantitative estimate of drug-likeness (QED) is 0.753. The Balaban J connectivity index is 1.77. The Bertz CT molecular complexity index is 295. The number of carbonyl (C=O) groups excluding carboxylic acids is 1. The van der Waals surface area contributed by atoms with Crippen LogP contribution in [0.25, 0.3) is 0 Å². The molecule has 1 saturated carbocycles. The van der Waals surface area contributed by atoms with Gasteiger partial charge in [-0.2, -0.15) is 0 Å². The number of nitrogens with zero attached hydrogens (tertiary/aromatic N) is 1. The Morgan fingerprint density at radius 3 is 3.15 bits per heavy atom. The molecule has 1 N–H and O–H groups in total. The van der Waals surface area contributed by atoms with Crippen LogP contribution >= 0.6 is 0 Å². The molecule has 0 spiro atoms. The molecule has 13 heavy (non-hydrogen) atoms. The zero-order valence-electron chi connectivity index (χ0n) is 7.49. The predicted molar refractivity (Wildman–Crippen MR) is 45.6 cm³/mol. The summed E-state index contributed by atoms with van der Waals surface area (Å²) in [5.74, 6) is 0.916. The van der Waals surface area contributed by atoms with Gasteiger partial charge in [0, 0.05) is 5.92 Å². The normalized spacial score (nSPS) is 25.6. The monoisotopic (exact) mass is 180 g/mol. The number of hydrogen-bond acceptors (Lipinski definition) is 3. The molecule has 4 nitrogen and oxygen atoms in total. The summed E-state index contributed by atoms with van der Waals surface area (Å²) in [6.07, 6.45) is 3.92. The zero-order chi connectivity index (χ0) is 9.26. The van der Waals surface area contributed by atoms with Gasteiger partial charge in [-0.05, 0) is 12.3 Å². The first kappa shape index (κ1) is 8.29. The second kappa shape index (κ2) is 3.20. The van der Waals surface area contributed by atoms with E-state index in [1.54, 1.807) is 0 Å². The summed E-state index contributed by atoms with van der Waals surface area (Å²) in [5, 5.41) is 2.82. The van der Waals surface area contributed by atoms with Gasteiger partial charge in [0.25, 0.3) is 0 Å². The van der Waals surface area contributed by atoms with Crippen LogP contribution in [0.3, 0.4) is 0 Å². The molecule has 0 radical (unpaired) electrons. The molecule has 1 aromatic rings. The van der Waals surface area contributed by atoms with E-state index in [4.69, 9.17) is 4.42 Å². The summed E-state index contributed by atoms with van der Waals surface area (Å²) in [6, 6.07) is 0. The minimum atomic E-state index is 0.135. The Kier molecular flexibility index (Phi) is 2.04. The van der Waals surface area contributed by atoms with E-state index in [0.29, 0.717) is 12.5 Å². The number of rotatable bonds is 3. The van der Waals surface area contributed by atoms with Crippen LogP contribution in [0, 0.1) is 11.8 Å². The second-order valence-corrected chi connectivity index (χ2v) is 3.52. The standard InChI is InChI=1S/C9H12N2O2/c1-6-2-8(6)9(12)10-3-7-4-13-5-11-7/h4-6,8H,2-3H2,1H3,(H,10,12)/t6-,8-/m1/s1. The molecule has 1 heterocycles. The largest absolute Gasteiger partial charge is 0.451 e. The molecule has 1 aromatic heterocycles. The first-order valence-electron chi connectivity index (χ1n) is 4.42. The first-order chi connectivity index (χ1) is 6.27. The third kappa shape index (κ3) is 1.88. The average Bonchev–Trinajstić information content (AvgIpc) is 2.68. The molecule has 0 unspecified atom stereocenters. The number of oxazole rings is 1. The fourth-order valence-electron chi connectivity index (χ4n) is 1.32. The smallest absolute Gasteiger partial charge is 0.223 e. The minimum absolute atomic E-state index is 0.135. The maximum absolute atomic E-state index is 11.3. The molecule has 1 aliphatic carbocycles. The Morgan fingerprint density at radius 2 is 2.62 bits per heavy atom. The van der Waals surface area contributed by atoms with Crippen molar-refractivity contribution in [1.82, 2.24) is 10.3 Å². The highest BCUT2D eigenvalue weighted by molar-refractivity contribution is 5.81. The molecule has 0 aliphatic heterocycles. The van der Waals surface area contributed by atoms with E-state index in [9.17, 15) is 4.79 Å². The van der Waals surface area contributed by atoms with Crippen LogP contribution in [0.2, 0.25) is 0 Å². The lowest BCUT2D eigenvalue weighted by molar-refractivity contribution is -0.122. The highest BCUT2D eigenvalue weighted by Crippen LogP contribution is 2.37. The van der Waals surface area contributed by atoms with Crippen molar-refractivity contribution < 1.29 is 9.21 Å². The number of nitrogens with one attached hydrogen (secondary N) is 1. The Labute approximate surface area is 76.3 Å². The van der Waals surface area contributed by atoms with E-state index in [1.165, 1.54) is 12.7 Å². The summed E-state index contributed by atoms with van der Waals surface area (Å²) in [7, 11) is 0. The van der Waals surface area contributed by atoms with Crippen molar-refractivity contribution in [2.75, 3.05) is 0 Å². The predicted octanol–water partition coefficient (Wildman–Crippen LogP) is 0.947. The maximum Gasteiger partial charge on any atom is 0.223 e. The molecule has 2 rings (SSSR count). The number of carbonyl (C=O) groups is 1. The van der Waals surface area contributed by atoms with Crippen LogP contribution in [-0.4, -0.2) is 10.9 Å². The third-order valence-electron chi connectivity index (χ3n) is 2.37. The van der Waals surface area contributed by atoms with E-state index in [-0.39, 0.29) is 11.8 Å². The van der Waals surface area contributed by atoms with E-state index in [0.717, 1.165) is 12.1 Å². The Hall–Kier alpha value is -1.32. The molecule has 0 aromatic carbocycles. The molecule has 1 aliphatic rings. The van der Waals surface area contributed by atoms with Crippen molar-refractivity contribution in [1.29, 1.82) is 0 Å². The number of hydrogen-bond donors (Lipinski definition) is 1. The van der Waals surface area contributed by atoms with E-state index in [1.807, 2.05) is 0 Å². The lowest BCUT2D eigenvalue weighted by atomic mass is 10.3. The van der Waals surface area contributed by atoms with Gasteiger partial charge in [-0.3, -0.25) is 4.79 Å². The highest BCUT2D eigenvalue weighted by Gasteiger charge is 2.38. The zero-order valence-corrected chi connectivity index (χ0v) is 7.49. The van der Waals surface area contributed by atoms with Crippen LogP contribution in [0.5, 0.6) is 0 Å². The van der Waals surface area contributed by atoms with E-state index >= 15 is 0 Å². The molecule has 70 valence electrons. The average molecular weight is 180 g/mol. The Morgan fingerprint density at radius 1 is 1.85 bits per heavy atom. The maximum atomic E-state index is 11.3. The fourth-order valence-corrected chi connectivity index (χ4v) is 1.32. The van der Waals surface area contributed by atoms with E-state index in [2.05, 4.69) is 17.2 Å². The van der Waals surface area contributed by atoms with E-state index < -0.39 is 0 Å². The van der Waals surface area contributed by atoms with Crippen LogP contribution in [0.1, 0.15) is 19.0 Å². The molecule has 2 atom stereocenters. The number of aromatic nitrogens is 1. The molecule has 4 heteroatoms. The molecular weight excluding hydrogens is 168 g/mol. The highest BCUT2D eigenvalue weighted by atomic mass is 16.3. The molecule has 1 fully saturated rings. The number of amides is 1. The van der Waals surface area contributed by atoms with Crippen molar-refractivity contribution in [3.63, 3.8) is 0 Å². The second-order valence-electron chi connectivity index (χ2n) is 3.52. The summed E-state index contributed by atoms with van der Waals surface area (Å²) in [5.41, 5.74) is 0.765. The van der Waals surface area contributed by atoms with Gasteiger partial charge in [0.2, 0.25) is 5.91 Å². The SMILES string of the molecule is C[C@@H]1C[C@H]1C(=O)NCc1cocn1. The molecule has 0 bridgehead atoms. The van der Waals surface area contributed by atoms with Crippen molar-refractivity contribution in [2.24, 2.45) is 11.8 Å². The fraction of sp³-hybridized carbons (Fsp3) is 0.556. The van der Waals surface area contributed by atoms with Crippen molar-refractivity contribution in [3.8, 4) is 0 Å². The molecule has 1 amide bonds. The molecular formula is C9H12N2O2. The van der Waals surface area contributed by atoms with Crippen molar-refractivity contribution in [2.45, 2.75) is 19.9 Å². The summed E-state index contributed by atoms with van der Waals surface area (Å²) in [4.78, 5) is 15.2. The van der Waals surface area contributed by atoms with Gasteiger partial charge in [-0.15, -0.1) is 0 Å².